The zero-order valence-corrected chi connectivity index (χ0v) is 14.3. The maximum atomic E-state index is 13.0. The van der Waals surface area contributed by atoms with E-state index in [1.807, 2.05) is 53.0 Å². The summed E-state index contributed by atoms with van der Waals surface area (Å²) in [7, 11) is 2.02. The number of nitrogens with zero attached hydrogens (tertiary/aromatic N) is 2. The molecule has 1 amide bonds. The van der Waals surface area contributed by atoms with Crippen LogP contribution in [0.3, 0.4) is 0 Å². The van der Waals surface area contributed by atoms with Crippen LogP contribution in [0.2, 0.25) is 0 Å². The van der Waals surface area contributed by atoms with Crippen molar-refractivity contribution in [3.8, 4) is 0 Å². The second-order valence-corrected chi connectivity index (χ2v) is 6.65. The fraction of sp³-hybridized carbons (Fsp3) is 0.333. The molecule has 3 rings (SSSR count). The number of aromatic nitrogens is 1. The van der Waals surface area contributed by atoms with Crippen molar-refractivity contribution in [2.75, 3.05) is 6.54 Å². The highest BCUT2D eigenvalue weighted by molar-refractivity contribution is 9.10. The van der Waals surface area contributed by atoms with E-state index in [2.05, 4.69) is 28.2 Å². The summed E-state index contributed by atoms with van der Waals surface area (Å²) in [4.78, 5) is 15.0. The van der Waals surface area contributed by atoms with Gasteiger partial charge in [-0.1, -0.05) is 12.1 Å². The number of aryl methyl sites for hydroxylation is 1. The van der Waals surface area contributed by atoms with Gasteiger partial charge < -0.3 is 4.90 Å². The lowest BCUT2D eigenvalue weighted by Crippen LogP contribution is -2.40. The number of benzene rings is 1. The average molecular weight is 360 g/mol. The molecule has 2 aromatic rings. The third-order valence-electron chi connectivity index (χ3n) is 4.22. The second kappa shape index (κ2) is 6.61. The molecule has 114 valence electrons. The minimum Gasteiger partial charge on any atom is -0.331 e. The van der Waals surface area contributed by atoms with Gasteiger partial charge in [0.15, 0.2) is 12.4 Å². The maximum Gasteiger partial charge on any atom is 0.255 e. The molecule has 1 aliphatic rings. The Morgan fingerprint density at radius 1 is 1.23 bits per heavy atom. The molecular weight excluding hydrogens is 340 g/mol. The molecule has 0 N–H and O–H groups in total. The molecule has 1 aromatic heterocycles. The molecule has 0 spiro atoms. The molecule has 0 unspecified atom stereocenters. The van der Waals surface area contributed by atoms with Crippen molar-refractivity contribution in [1.82, 2.24) is 4.90 Å². The minimum atomic E-state index is 0.115. The lowest BCUT2D eigenvalue weighted by molar-refractivity contribution is -0.672. The van der Waals surface area contributed by atoms with Gasteiger partial charge in [0.25, 0.3) is 5.91 Å². The summed E-state index contributed by atoms with van der Waals surface area (Å²) in [5.41, 5.74) is 1.96. The van der Waals surface area contributed by atoms with E-state index < -0.39 is 0 Å². The Kier molecular flexibility index (Phi) is 4.57. The first-order valence-electron chi connectivity index (χ1n) is 7.67. The highest BCUT2D eigenvalue weighted by Gasteiger charge is 2.30. The van der Waals surface area contributed by atoms with E-state index in [4.69, 9.17) is 0 Å². The van der Waals surface area contributed by atoms with Crippen molar-refractivity contribution in [1.29, 1.82) is 0 Å². The molecule has 0 radical (unpaired) electrons. The molecule has 0 saturated carbocycles. The van der Waals surface area contributed by atoms with Crippen LogP contribution in [0, 0.1) is 0 Å². The topological polar surface area (TPSA) is 24.2 Å². The van der Waals surface area contributed by atoms with E-state index in [0.29, 0.717) is 0 Å². The number of piperidine rings is 1. The van der Waals surface area contributed by atoms with Crippen LogP contribution in [0.25, 0.3) is 0 Å². The van der Waals surface area contributed by atoms with Crippen LogP contribution in [0.4, 0.5) is 0 Å². The molecule has 22 heavy (non-hydrogen) atoms. The number of hydrogen-bond donors (Lipinski definition) is 0. The summed E-state index contributed by atoms with van der Waals surface area (Å²) < 4.78 is 2.91. The van der Waals surface area contributed by atoms with Crippen molar-refractivity contribution in [2.24, 2.45) is 7.05 Å². The number of pyridine rings is 1. The Bertz CT molecular complexity index is 686. The predicted octanol–water partition coefficient (Wildman–Crippen LogP) is 3.64. The van der Waals surface area contributed by atoms with E-state index in [1.165, 1.54) is 12.0 Å². The first-order chi connectivity index (χ1) is 10.7. The summed E-state index contributed by atoms with van der Waals surface area (Å²) in [6, 6.07) is 12.0. The standard InChI is InChI=1S/C18H20BrN2O/c1-20-11-6-7-14(13-20)17-10-4-5-12-21(17)18(22)15-8-2-3-9-16(15)19/h2-3,6-9,11,13,17H,4-5,10,12H2,1H3/q+1/t17-/m1/s1. The van der Waals surface area contributed by atoms with Crippen molar-refractivity contribution in [2.45, 2.75) is 25.3 Å². The lowest BCUT2D eigenvalue weighted by atomic mass is 9.95. The van der Waals surface area contributed by atoms with E-state index in [1.54, 1.807) is 0 Å². The summed E-state index contributed by atoms with van der Waals surface area (Å²) >= 11 is 3.50. The normalized spacial score (nSPS) is 18.3. The van der Waals surface area contributed by atoms with Crippen LogP contribution in [0.5, 0.6) is 0 Å². The third kappa shape index (κ3) is 3.07. The van der Waals surface area contributed by atoms with Crippen molar-refractivity contribution in [3.63, 3.8) is 0 Å². The molecule has 0 bridgehead atoms. The SMILES string of the molecule is C[n+]1cccc([C@H]2CCCCN2C(=O)c2ccccc2Br)c1. The number of likely N-dealkylation sites (tertiary alicyclic amines) is 1. The Labute approximate surface area is 139 Å². The third-order valence-corrected chi connectivity index (χ3v) is 4.91. The smallest absolute Gasteiger partial charge is 0.255 e. The van der Waals surface area contributed by atoms with Gasteiger partial charge >= 0.3 is 0 Å². The Morgan fingerprint density at radius 2 is 2.05 bits per heavy atom. The van der Waals surface area contributed by atoms with E-state index >= 15 is 0 Å². The van der Waals surface area contributed by atoms with Crippen LogP contribution < -0.4 is 4.57 Å². The van der Waals surface area contributed by atoms with Gasteiger partial charge in [-0.05, 0) is 53.4 Å². The molecular formula is C18H20BrN2O+. The number of hydrogen-bond acceptors (Lipinski definition) is 1. The Morgan fingerprint density at radius 3 is 2.82 bits per heavy atom. The van der Waals surface area contributed by atoms with E-state index in [9.17, 15) is 4.79 Å². The van der Waals surface area contributed by atoms with Gasteiger partial charge in [-0.25, -0.2) is 4.57 Å². The predicted molar refractivity (Wildman–Crippen MR) is 89.4 cm³/mol. The molecule has 1 aromatic carbocycles. The van der Waals surface area contributed by atoms with Crippen LogP contribution in [-0.4, -0.2) is 17.4 Å². The maximum absolute atomic E-state index is 13.0. The van der Waals surface area contributed by atoms with Gasteiger partial charge in [0.05, 0.1) is 11.6 Å². The van der Waals surface area contributed by atoms with Crippen LogP contribution in [0.1, 0.15) is 41.2 Å². The summed E-state index contributed by atoms with van der Waals surface area (Å²) in [5, 5.41) is 0. The first-order valence-corrected chi connectivity index (χ1v) is 8.47. The monoisotopic (exact) mass is 359 g/mol. The van der Waals surface area contributed by atoms with Gasteiger partial charge in [-0.3, -0.25) is 4.79 Å². The largest absolute Gasteiger partial charge is 0.331 e. The fourth-order valence-electron chi connectivity index (χ4n) is 3.12. The minimum absolute atomic E-state index is 0.115. The van der Waals surface area contributed by atoms with Crippen molar-refractivity contribution >= 4 is 21.8 Å². The molecule has 2 heterocycles. The number of carbonyl (C=O) groups is 1. The molecule has 3 nitrogen and oxygen atoms in total. The summed E-state index contributed by atoms with van der Waals surface area (Å²) in [5.74, 6) is 0.115. The van der Waals surface area contributed by atoms with Crippen LogP contribution in [-0.2, 0) is 7.05 Å². The molecule has 0 aliphatic carbocycles. The van der Waals surface area contributed by atoms with Gasteiger partial charge in [0.1, 0.15) is 7.05 Å². The lowest BCUT2D eigenvalue weighted by Gasteiger charge is -2.35. The van der Waals surface area contributed by atoms with Gasteiger partial charge in [0.2, 0.25) is 0 Å². The molecule has 1 saturated heterocycles. The highest BCUT2D eigenvalue weighted by atomic mass is 79.9. The van der Waals surface area contributed by atoms with Crippen LogP contribution in [0.15, 0.2) is 53.3 Å². The molecule has 4 heteroatoms. The number of halogens is 1. The summed E-state index contributed by atoms with van der Waals surface area (Å²) in [6.45, 7) is 0.823. The Balaban J connectivity index is 1.93. The zero-order valence-electron chi connectivity index (χ0n) is 12.7. The fourth-order valence-corrected chi connectivity index (χ4v) is 3.57. The average Bonchev–Trinajstić information content (AvgIpc) is 2.55. The first kappa shape index (κ1) is 15.2. The van der Waals surface area contributed by atoms with Gasteiger partial charge in [-0.15, -0.1) is 0 Å². The van der Waals surface area contributed by atoms with Gasteiger partial charge in [-0.2, -0.15) is 0 Å². The number of amides is 1. The second-order valence-electron chi connectivity index (χ2n) is 5.79. The van der Waals surface area contributed by atoms with Gasteiger partial charge in [0, 0.05) is 22.6 Å². The quantitative estimate of drug-likeness (QED) is 0.751. The van der Waals surface area contributed by atoms with E-state index in [-0.39, 0.29) is 11.9 Å². The van der Waals surface area contributed by atoms with Crippen molar-refractivity contribution < 1.29 is 9.36 Å². The van der Waals surface area contributed by atoms with Crippen LogP contribution >= 0.6 is 15.9 Å². The number of rotatable bonds is 2. The molecule has 1 atom stereocenters. The summed E-state index contributed by atoms with van der Waals surface area (Å²) in [6.07, 6.45) is 7.41. The number of carbonyl (C=O) groups excluding carboxylic acids is 1. The Hall–Kier alpha value is -1.68. The highest BCUT2D eigenvalue weighted by Crippen LogP contribution is 2.32. The van der Waals surface area contributed by atoms with E-state index in [0.717, 1.165) is 29.4 Å². The zero-order chi connectivity index (χ0) is 15.5. The molecule has 1 fully saturated rings. The van der Waals surface area contributed by atoms with Crippen molar-refractivity contribution in [3.05, 3.63) is 64.4 Å². The molecule has 1 aliphatic heterocycles.